The lowest BCUT2D eigenvalue weighted by Gasteiger charge is -2.42. The van der Waals surface area contributed by atoms with Crippen molar-refractivity contribution in [2.24, 2.45) is 0 Å². The fourth-order valence-electron chi connectivity index (χ4n) is 3.19. The summed E-state index contributed by atoms with van der Waals surface area (Å²) in [4.78, 5) is 0. The predicted octanol–water partition coefficient (Wildman–Crippen LogP) is -0.641. The molecule has 30 heavy (non-hydrogen) atoms. The van der Waals surface area contributed by atoms with Crippen LogP contribution < -0.4 is 0 Å². The van der Waals surface area contributed by atoms with Gasteiger partial charge in [0.25, 0.3) is 0 Å². The number of ether oxygens (including phenoxy) is 2. The van der Waals surface area contributed by atoms with Crippen LogP contribution in [0.1, 0.15) is 46.5 Å². The Labute approximate surface area is 177 Å². The molecule has 176 valence electrons. The van der Waals surface area contributed by atoms with Crippen molar-refractivity contribution in [1.29, 1.82) is 0 Å². The third kappa shape index (κ3) is 7.99. The Morgan fingerprint density at radius 2 is 1.77 bits per heavy atom. The van der Waals surface area contributed by atoms with Gasteiger partial charge in [0.05, 0.1) is 31.0 Å². The number of hydrogen-bond acceptors (Lipinski definition) is 9. The van der Waals surface area contributed by atoms with Gasteiger partial charge in [-0.05, 0) is 52.0 Å². The molecular formula is C21H38O9. The van der Waals surface area contributed by atoms with Gasteiger partial charge >= 0.3 is 0 Å². The quantitative estimate of drug-likeness (QED) is 0.198. The van der Waals surface area contributed by atoms with Crippen molar-refractivity contribution in [1.82, 2.24) is 0 Å². The third-order valence-corrected chi connectivity index (χ3v) is 5.34. The largest absolute Gasteiger partial charge is 0.394 e. The SMILES string of the molecule is C=C(CCC=C(C)CCC(OC1OC(CO)C(O)C(O)C1O)C(C)(C)O)C(O)CO. The number of hydrogen-bond donors (Lipinski definition) is 7. The van der Waals surface area contributed by atoms with Gasteiger partial charge in [-0.15, -0.1) is 0 Å². The van der Waals surface area contributed by atoms with E-state index in [4.69, 9.17) is 14.6 Å². The van der Waals surface area contributed by atoms with Crippen LogP contribution in [0.4, 0.5) is 0 Å². The summed E-state index contributed by atoms with van der Waals surface area (Å²) in [7, 11) is 0. The standard InChI is InChI=1S/C21H38O9/c1-12(6-5-7-13(2)14(24)10-22)8-9-16(21(3,4)28)30-20-19(27)18(26)17(25)15(11-23)29-20/h6,14-20,22-28H,2,5,7-11H2,1,3-4H3. The van der Waals surface area contributed by atoms with Gasteiger partial charge < -0.3 is 45.2 Å². The molecule has 0 saturated carbocycles. The highest BCUT2D eigenvalue weighted by atomic mass is 16.7. The maximum atomic E-state index is 10.5. The maximum Gasteiger partial charge on any atom is 0.187 e. The minimum absolute atomic E-state index is 0.357. The van der Waals surface area contributed by atoms with Crippen LogP contribution in [0.3, 0.4) is 0 Å². The zero-order valence-corrected chi connectivity index (χ0v) is 18.0. The van der Waals surface area contributed by atoms with Crippen molar-refractivity contribution in [2.45, 2.75) is 95.0 Å². The minimum Gasteiger partial charge on any atom is -0.394 e. The summed E-state index contributed by atoms with van der Waals surface area (Å²) >= 11 is 0. The summed E-state index contributed by atoms with van der Waals surface area (Å²) in [5.41, 5.74) is 0.299. The van der Waals surface area contributed by atoms with Crippen molar-refractivity contribution in [3.63, 3.8) is 0 Å². The first-order chi connectivity index (χ1) is 13.9. The van der Waals surface area contributed by atoms with Crippen molar-refractivity contribution < 1.29 is 45.2 Å². The maximum absolute atomic E-state index is 10.5. The van der Waals surface area contributed by atoms with Crippen molar-refractivity contribution >= 4 is 0 Å². The molecule has 7 atom stereocenters. The molecule has 9 heteroatoms. The van der Waals surface area contributed by atoms with Crippen LogP contribution in [0.25, 0.3) is 0 Å². The molecule has 0 bridgehead atoms. The molecule has 0 spiro atoms. The molecule has 0 amide bonds. The highest BCUT2D eigenvalue weighted by molar-refractivity contribution is 5.06. The summed E-state index contributed by atoms with van der Waals surface area (Å²) in [5.74, 6) is 0. The van der Waals surface area contributed by atoms with E-state index in [1.54, 1.807) is 13.8 Å². The normalized spacial score (nSPS) is 30.2. The summed E-state index contributed by atoms with van der Waals surface area (Å²) in [6.07, 6.45) is -4.52. The van der Waals surface area contributed by atoms with Gasteiger partial charge in [0, 0.05) is 0 Å². The minimum atomic E-state index is -1.55. The first kappa shape index (κ1) is 27.2. The average Bonchev–Trinajstić information content (AvgIpc) is 2.69. The molecule has 0 aliphatic carbocycles. The van der Waals surface area contributed by atoms with E-state index in [0.717, 1.165) is 5.57 Å². The van der Waals surface area contributed by atoms with Crippen LogP contribution in [0.2, 0.25) is 0 Å². The van der Waals surface area contributed by atoms with Crippen molar-refractivity contribution in [3.05, 3.63) is 23.8 Å². The van der Waals surface area contributed by atoms with E-state index in [1.165, 1.54) is 0 Å². The smallest absolute Gasteiger partial charge is 0.187 e. The Bertz CT molecular complexity index is 555. The summed E-state index contributed by atoms with van der Waals surface area (Å²) in [6.45, 7) is 7.85. The first-order valence-corrected chi connectivity index (χ1v) is 10.2. The lowest BCUT2D eigenvalue weighted by atomic mass is 9.94. The van der Waals surface area contributed by atoms with Crippen LogP contribution >= 0.6 is 0 Å². The van der Waals surface area contributed by atoms with Crippen LogP contribution in [0.15, 0.2) is 23.8 Å². The monoisotopic (exact) mass is 434 g/mol. The molecule has 0 aromatic rings. The zero-order valence-electron chi connectivity index (χ0n) is 18.0. The molecule has 0 aromatic heterocycles. The van der Waals surface area contributed by atoms with Crippen LogP contribution in [0, 0.1) is 0 Å². The molecule has 1 heterocycles. The highest BCUT2D eigenvalue weighted by Gasteiger charge is 2.46. The summed E-state index contributed by atoms with van der Waals surface area (Å²) < 4.78 is 11.1. The molecule has 1 rings (SSSR count). The van der Waals surface area contributed by atoms with E-state index in [2.05, 4.69) is 6.58 Å². The lowest BCUT2D eigenvalue weighted by Crippen LogP contribution is -2.60. The Morgan fingerprint density at radius 3 is 2.30 bits per heavy atom. The van der Waals surface area contributed by atoms with Gasteiger partial charge in [-0.3, -0.25) is 0 Å². The Kier molecular flexibility index (Phi) is 11.1. The molecule has 1 aliphatic rings. The van der Waals surface area contributed by atoms with E-state index in [9.17, 15) is 30.6 Å². The molecular weight excluding hydrogens is 396 g/mol. The topological polar surface area (TPSA) is 160 Å². The second kappa shape index (κ2) is 12.2. The van der Waals surface area contributed by atoms with Gasteiger partial charge in [0.15, 0.2) is 6.29 Å². The Hall–Kier alpha value is -0.880. The number of aliphatic hydroxyl groups excluding tert-OH is 6. The second-order valence-electron chi connectivity index (χ2n) is 8.46. The second-order valence-corrected chi connectivity index (χ2v) is 8.46. The van der Waals surface area contributed by atoms with E-state index in [1.807, 2.05) is 13.0 Å². The van der Waals surface area contributed by atoms with Crippen LogP contribution in [-0.2, 0) is 9.47 Å². The molecule has 1 saturated heterocycles. The fraction of sp³-hybridized carbons (Fsp3) is 0.810. The molecule has 0 aromatic carbocycles. The van der Waals surface area contributed by atoms with Gasteiger partial charge in [0.1, 0.15) is 24.4 Å². The Balaban J connectivity index is 2.68. The van der Waals surface area contributed by atoms with E-state index in [-0.39, 0.29) is 6.61 Å². The van der Waals surface area contributed by atoms with E-state index in [0.29, 0.717) is 31.3 Å². The van der Waals surface area contributed by atoms with Crippen molar-refractivity contribution in [2.75, 3.05) is 13.2 Å². The number of rotatable bonds is 12. The molecule has 7 N–H and O–H groups in total. The van der Waals surface area contributed by atoms with Gasteiger partial charge in [0.2, 0.25) is 0 Å². The molecule has 0 radical (unpaired) electrons. The predicted molar refractivity (Wildman–Crippen MR) is 109 cm³/mol. The average molecular weight is 435 g/mol. The summed E-state index contributed by atoms with van der Waals surface area (Å²) in [5, 5.41) is 68.2. The van der Waals surface area contributed by atoms with Gasteiger partial charge in [-0.1, -0.05) is 18.2 Å². The first-order valence-electron chi connectivity index (χ1n) is 10.2. The lowest BCUT2D eigenvalue weighted by molar-refractivity contribution is -0.322. The highest BCUT2D eigenvalue weighted by Crippen LogP contribution is 2.28. The summed E-state index contributed by atoms with van der Waals surface area (Å²) in [6, 6.07) is 0. The molecule has 9 nitrogen and oxygen atoms in total. The van der Waals surface area contributed by atoms with Crippen LogP contribution in [-0.4, -0.2) is 97.5 Å². The van der Waals surface area contributed by atoms with Gasteiger partial charge in [-0.2, -0.15) is 0 Å². The molecule has 1 aliphatic heterocycles. The Morgan fingerprint density at radius 1 is 1.13 bits per heavy atom. The zero-order chi connectivity index (χ0) is 23.1. The third-order valence-electron chi connectivity index (χ3n) is 5.34. The van der Waals surface area contributed by atoms with Crippen LogP contribution in [0.5, 0.6) is 0 Å². The fourth-order valence-corrected chi connectivity index (χ4v) is 3.19. The number of aliphatic hydroxyl groups is 7. The van der Waals surface area contributed by atoms with Gasteiger partial charge in [-0.25, -0.2) is 0 Å². The van der Waals surface area contributed by atoms with Crippen molar-refractivity contribution in [3.8, 4) is 0 Å². The molecule has 1 fully saturated rings. The van der Waals surface area contributed by atoms with E-state index < -0.39 is 55.1 Å². The van der Waals surface area contributed by atoms with E-state index >= 15 is 0 Å². The number of allylic oxidation sites excluding steroid dienone is 2. The molecule has 7 unspecified atom stereocenters.